The maximum absolute atomic E-state index is 10.4. The van der Waals surface area contributed by atoms with Gasteiger partial charge in [-0.05, 0) is 48.2 Å². The van der Waals surface area contributed by atoms with Crippen LogP contribution in [0, 0.1) is 0 Å². The van der Waals surface area contributed by atoms with E-state index in [1.165, 1.54) is 6.07 Å². The van der Waals surface area contributed by atoms with Gasteiger partial charge in [0.1, 0.15) is 36.3 Å². The molecule has 160 valence electrons. The van der Waals surface area contributed by atoms with Crippen molar-refractivity contribution in [2.45, 2.75) is 43.9 Å². The molecule has 6 N–H and O–H groups in total. The summed E-state index contributed by atoms with van der Waals surface area (Å²) in [5.41, 5.74) is 1.95. The van der Waals surface area contributed by atoms with Crippen molar-refractivity contribution in [3.05, 3.63) is 64.2 Å². The molecule has 0 unspecified atom stereocenters. The number of aliphatic hydroxyl groups is 6. The van der Waals surface area contributed by atoms with Crippen molar-refractivity contribution in [3.8, 4) is 5.75 Å². The standard InChI is InChI=1S/C21H27ClO7/c1-2-29-15-6-3-12(4-7-15)9-14-10-13(5-8-16(14)22)18(25)20(27)21(28)19(26)17(24)11-23/h3-8,10,17-21,23-28H,2,9,11H2,1H3/t17-,18+,19-,20+,21+/m1/s1. The van der Waals surface area contributed by atoms with Crippen molar-refractivity contribution in [2.75, 3.05) is 13.2 Å². The highest BCUT2D eigenvalue weighted by molar-refractivity contribution is 6.31. The fraction of sp³-hybridized carbons (Fsp3) is 0.429. The molecule has 0 saturated heterocycles. The minimum Gasteiger partial charge on any atom is -0.494 e. The zero-order valence-electron chi connectivity index (χ0n) is 16.0. The van der Waals surface area contributed by atoms with Gasteiger partial charge in [-0.3, -0.25) is 0 Å². The second-order valence-electron chi connectivity index (χ2n) is 6.77. The van der Waals surface area contributed by atoms with Crippen LogP contribution in [0.4, 0.5) is 0 Å². The fourth-order valence-electron chi connectivity index (χ4n) is 2.93. The van der Waals surface area contributed by atoms with Crippen LogP contribution >= 0.6 is 11.6 Å². The Balaban J connectivity index is 2.16. The van der Waals surface area contributed by atoms with E-state index in [2.05, 4.69) is 0 Å². The van der Waals surface area contributed by atoms with Crippen molar-refractivity contribution in [2.24, 2.45) is 0 Å². The van der Waals surface area contributed by atoms with Gasteiger partial charge >= 0.3 is 0 Å². The van der Waals surface area contributed by atoms with E-state index in [9.17, 15) is 25.5 Å². The molecule has 0 spiro atoms. The summed E-state index contributed by atoms with van der Waals surface area (Å²) in [6.45, 7) is 1.68. The van der Waals surface area contributed by atoms with Crippen LogP contribution in [-0.4, -0.2) is 68.3 Å². The fourth-order valence-corrected chi connectivity index (χ4v) is 3.11. The third-order valence-corrected chi connectivity index (χ3v) is 5.01. The highest BCUT2D eigenvalue weighted by atomic mass is 35.5. The summed E-state index contributed by atoms with van der Waals surface area (Å²) in [5, 5.41) is 59.1. The average Bonchev–Trinajstić information content (AvgIpc) is 2.74. The van der Waals surface area contributed by atoms with Crippen LogP contribution in [0.1, 0.15) is 29.7 Å². The van der Waals surface area contributed by atoms with Crippen molar-refractivity contribution >= 4 is 11.6 Å². The summed E-state index contributed by atoms with van der Waals surface area (Å²) in [6.07, 6.45) is -8.19. The Bertz CT molecular complexity index is 768. The second-order valence-corrected chi connectivity index (χ2v) is 7.18. The number of aliphatic hydroxyl groups excluding tert-OH is 6. The predicted octanol–water partition coefficient (Wildman–Crippen LogP) is 0.799. The van der Waals surface area contributed by atoms with E-state index in [-0.39, 0.29) is 5.56 Å². The minimum absolute atomic E-state index is 0.285. The molecule has 8 heteroatoms. The summed E-state index contributed by atoms with van der Waals surface area (Å²) < 4.78 is 5.41. The third-order valence-electron chi connectivity index (χ3n) is 4.64. The van der Waals surface area contributed by atoms with Gasteiger partial charge in [-0.2, -0.15) is 0 Å². The number of rotatable bonds is 10. The van der Waals surface area contributed by atoms with Gasteiger partial charge in [-0.25, -0.2) is 0 Å². The van der Waals surface area contributed by atoms with Gasteiger partial charge in [0.15, 0.2) is 0 Å². The number of ether oxygens (including phenoxy) is 1. The van der Waals surface area contributed by atoms with Crippen LogP contribution in [0.5, 0.6) is 5.75 Å². The lowest BCUT2D eigenvalue weighted by Gasteiger charge is -2.28. The number of benzene rings is 2. The third kappa shape index (κ3) is 6.13. The summed E-state index contributed by atoms with van der Waals surface area (Å²) in [6, 6.07) is 12.2. The number of halogens is 1. The quantitative estimate of drug-likeness (QED) is 0.331. The lowest BCUT2D eigenvalue weighted by molar-refractivity contribution is -0.141. The first-order chi connectivity index (χ1) is 13.8. The van der Waals surface area contributed by atoms with Crippen molar-refractivity contribution in [3.63, 3.8) is 0 Å². The van der Waals surface area contributed by atoms with Crippen LogP contribution in [0.3, 0.4) is 0 Å². The number of hydrogen-bond donors (Lipinski definition) is 6. The van der Waals surface area contributed by atoms with Crippen LogP contribution < -0.4 is 4.74 Å². The van der Waals surface area contributed by atoms with Crippen molar-refractivity contribution in [1.82, 2.24) is 0 Å². The second kappa shape index (κ2) is 10.9. The van der Waals surface area contributed by atoms with Crippen LogP contribution in [0.15, 0.2) is 42.5 Å². The summed E-state index contributed by atoms with van der Waals surface area (Å²) in [7, 11) is 0. The molecule has 0 amide bonds. The SMILES string of the molecule is CCOc1ccc(Cc2cc([C@H](O)[C@H](O)[C@@H](O)[C@H](O)[C@H](O)CO)ccc2Cl)cc1. The lowest BCUT2D eigenvalue weighted by Crippen LogP contribution is -2.47. The molecule has 7 nitrogen and oxygen atoms in total. The van der Waals surface area contributed by atoms with Gasteiger partial charge in [0.2, 0.25) is 0 Å². The summed E-state index contributed by atoms with van der Waals surface area (Å²) in [5.74, 6) is 0.757. The topological polar surface area (TPSA) is 131 Å². The van der Waals surface area contributed by atoms with Gasteiger partial charge in [-0.1, -0.05) is 35.9 Å². The molecule has 0 saturated carbocycles. The summed E-state index contributed by atoms with van der Waals surface area (Å²) in [4.78, 5) is 0. The van der Waals surface area contributed by atoms with E-state index in [0.29, 0.717) is 23.6 Å². The highest BCUT2D eigenvalue weighted by Crippen LogP contribution is 2.27. The molecule has 2 aromatic carbocycles. The molecule has 2 aromatic rings. The molecule has 2 rings (SSSR count). The maximum atomic E-state index is 10.4. The molecule has 29 heavy (non-hydrogen) atoms. The van der Waals surface area contributed by atoms with Gasteiger partial charge in [-0.15, -0.1) is 0 Å². The first-order valence-electron chi connectivity index (χ1n) is 9.29. The normalized spacial score (nSPS) is 16.7. The summed E-state index contributed by atoms with van der Waals surface area (Å²) >= 11 is 6.27. The first kappa shape index (κ1) is 23.6. The van der Waals surface area contributed by atoms with E-state index in [1.54, 1.807) is 12.1 Å². The van der Waals surface area contributed by atoms with E-state index in [1.807, 2.05) is 31.2 Å². The molecule has 0 radical (unpaired) electrons. The Morgan fingerprint density at radius 1 is 0.897 bits per heavy atom. The van der Waals surface area contributed by atoms with Crippen molar-refractivity contribution in [1.29, 1.82) is 0 Å². The Kier molecular flexibility index (Phi) is 8.85. The molecular formula is C21H27ClO7. The number of hydrogen-bond acceptors (Lipinski definition) is 7. The molecule has 0 aliphatic carbocycles. The van der Waals surface area contributed by atoms with Gasteiger partial charge in [0.25, 0.3) is 0 Å². The molecule has 0 aliphatic rings. The molecule has 0 fully saturated rings. The molecule has 0 aliphatic heterocycles. The average molecular weight is 427 g/mol. The van der Waals surface area contributed by atoms with Crippen molar-refractivity contribution < 1.29 is 35.4 Å². The molecular weight excluding hydrogens is 400 g/mol. The van der Waals surface area contributed by atoms with Gasteiger partial charge in [0, 0.05) is 5.02 Å². The predicted molar refractivity (Wildman–Crippen MR) is 108 cm³/mol. The van der Waals surface area contributed by atoms with E-state index in [4.69, 9.17) is 21.4 Å². The Hall–Kier alpha value is -1.71. The zero-order valence-corrected chi connectivity index (χ0v) is 16.8. The minimum atomic E-state index is -1.86. The zero-order chi connectivity index (χ0) is 21.6. The largest absolute Gasteiger partial charge is 0.494 e. The lowest BCUT2D eigenvalue weighted by atomic mass is 9.93. The molecule has 0 heterocycles. The van der Waals surface area contributed by atoms with Gasteiger partial charge < -0.3 is 35.4 Å². The van der Waals surface area contributed by atoms with E-state index in [0.717, 1.165) is 11.3 Å². The smallest absolute Gasteiger partial charge is 0.119 e. The molecule has 0 bridgehead atoms. The molecule has 5 atom stereocenters. The maximum Gasteiger partial charge on any atom is 0.119 e. The Labute approximate surface area is 174 Å². The first-order valence-corrected chi connectivity index (χ1v) is 9.67. The van der Waals surface area contributed by atoms with Crippen LogP contribution in [0.25, 0.3) is 0 Å². The van der Waals surface area contributed by atoms with E-state index < -0.39 is 37.1 Å². The van der Waals surface area contributed by atoms with Crippen LogP contribution in [-0.2, 0) is 6.42 Å². The highest BCUT2D eigenvalue weighted by Gasteiger charge is 2.34. The molecule has 0 aromatic heterocycles. The van der Waals surface area contributed by atoms with E-state index >= 15 is 0 Å². The van der Waals surface area contributed by atoms with Gasteiger partial charge in [0.05, 0.1) is 13.2 Å². The Morgan fingerprint density at radius 3 is 2.14 bits per heavy atom. The Morgan fingerprint density at radius 2 is 1.55 bits per heavy atom. The van der Waals surface area contributed by atoms with Crippen LogP contribution in [0.2, 0.25) is 5.02 Å². The monoisotopic (exact) mass is 426 g/mol.